The number of para-hydroxylation sites is 2. The molecular weight excluding hydrogens is 455 g/mol. The Kier molecular flexibility index (Phi) is 4.98. The summed E-state index contributed by atoms with van der Waals surface area (Å²) in [6.07, 6.45) is 1.79. The van der Waals surface area contributed by atoms with Gasteiger partial charge in [0.1, 0.15) is 5.75 Å². The lowest BCUT2D eigenvalue weighted by Gasteiger charge is -2.05. The number of carbonyl (C=O) groups is 1. The zero-order valence-corrected chi connectivity index (χ0v) is 18.0. The number of esters is 1. The molecule has 0 saturated carbocycles. The van der Waals surface area contributed by atoms with E-state index in [-0.39, 0.29) is 10.6 Å². The number of thiazole rings is 1. The van der Waals surface area contributed by atoms with Crippen molar-refractivity contribution in [2.75, 3.05) is 0 Å². The number of benzene rings is 3. The number of imidazole rings is 1. The molecule has 5 nitrogen and oxygen atoms in total. The maximum atomic E-state index is 12.8. The molecule has 0 N–H and O–H groups in total. The van der Waals surface area contributed by atoms with Gasteiger partial charge in [0, 0.05) is 0 Å². The standard InChI is InChI=1S/C23H12Cl2N2O3S/c24-16-10-7-14(12-17(16)25)22(29)30-15-8-5-13(6-9-15)11-20-21(28)27-19-4-2-1-3-18(19)26-23(27)31-20/h1-12H/b20-11+. The Morgan fingerprint density at radius 3 is 2.55 bits per heavy atom. The van der Waals surface area contributed by atoms with Crippen LogP contribution in [0.4, 0.5) is 0 Å². The van der Waals surface area contributed by atoms with Crippen molar-refractivity contribution in [3.63, 3.8) is 0 Å². The molecule has 0 fully saturated rings. The Labute approximate surface area is 189 Å². The maximum absolute atomic E-state index is 12.8. The van der Waals surface area contributed by atoms with E-state index in [0.717, 1.165) is 16.6 Å². The summed E-state index contributed by atoms with van der Waals surface area (Å²) in [7, 11) is 0. The van der Waals surface area contributed by atoms with E-state index in [4.69, 9.17) is 27.9 Å². The van der Waals surface area contributed by atoms with Gasteiger partial charge >= 0.3 is 5.97 Å². The molecule has 5 aromatic rings. The predicted octanol–water partition coefficient (Wildman–Crippen LogP) is 4.98. The lowest BCUT2D eigenvalue weighted by Crippen LogP contribution is -2.22. The van der Waals surface area contributed by atoms with E-state index in [2.05, 4.69) is 4.98 Å². The highest BCUT2D eigenvalue weighted by Crippen LogP contribution is 2.24. The maximum Gasteiger partial charge on any atom is 0.343 e. The highest BCUT2D eigenvalue weighted by molar-refractivity contribution is 7.15. The van der Waals surface area contributed by atoms with Crippen molar-refractivity contribution in [3.8, 4) is 5.75 Å². The number of hydrogen-bond donors (Lipinski definition) is 0. The topological polar surface area (TPSA) is 60.7 Å². The van der Waals surface area contributed by atoms with E-state index in [9.17, 15) is 9.59 Å². The number of carbonyl (C=O) groups excluding carboxylic acids is 1. The molecule has 0 aliphatic heterocycles. The monoisotopic (exact) mass is 466 g/mol. The highest BCUT2D eigenvalue weighted by atomic mass is 35.5. The predicted molar refractivity (Wildman–Crippen MR) is 123 cm³/mol. The van der Waals surface area contributed by atoms with Gasteiger partial charge in [0.25, 0.3) is 5.56 Å². The lowest BCUT2D eigenvalue weighted by molar-refractivity contribution is 0.0735. The summed E-state index contributed by atoms with van der Waals surface area (Å²) in [6.45, 7) is 0. The van der Waals surface area contributed by atoms with Crippen LogP contribution in [0.25, 0.3) is 22.1 Å². The Hall–Kier alpha value is -3.19. The van der Waals surface area contributed by atoms with E-state index in [1.165, 1.54) is 17.4 Å². The third kappa shape index (κ3) is 3.70. The summed E-state index contributed by atoms with van der Waals surface area (Å²) in [6, 6.07) is 19.0. The Morgan fingerprint density at radius 2 is 1.77 bits per heavy atom. The molecule has 0 saturated heterocycles. The van der Waals surface area contributed by atoms with Crippen LogP contribution in [0.2, 0.25) is 10.0 Å². The average Bonchev–Trinajstić information content (AvgIpc) is 3.27. The number of fused-ring (bicyclic) bond motifs is 3. The molecule has 8 heteroatoms. The van der Waals surface area contributed by atoms with E-state index in [1.54, 1.807) is 46.9 Å². The molecule has 0 spiro atoms. The largest absolute Gasteiger partial charge is 0.423 e. The Balaban J connectivity index is 1.42. The summed E-state index contributed by atoms with van der Waals surface area (Å²) in [5.74, 6) is -0.161. The number of aromatic nitrogens is 2. The summed E-state index contributed by atoms with van der Waals surface area (Å²) in [4.78, 5) is 30.3. The van der Waals surface area contributed by atoms with Gasteiger partial charge in [0.05, 0.1) is 31.2 Å². The van der Waals surface area contributed by atoms with Crippen molar-refractivity contribution in [1.82, 2.24) is 9.38 Å². The molecule has 0 bridgehead atoms. The van der Waals surface area contributed by atoms with Gasteiger partial charge in [-0.25, -0.2) is 14.2 Å². The van der Waals surface area contributed by atoms with Crippen LogP contribution in [0.15, 0.2) is 71.5 Å². The fourth-order valence-electron chi connectivity index (χ4n) is 3.18. The molecule has 0 aliphatic carbocycles. The van der Waals surface area contributed by atoms with Crippen molar-refractivity contribution in [3.05, 3.63) is 103 Å². The first-order valence-corrected chi connectivity index (χ1v) is 10.8. The van der Waals surface area contributed by atoms with Crippen molar-refractivity contribution < 1.29 is 9.53 Å². The molecule has 5 rings (SSSR count). The molecule has 0 unspecified atom stereocenters. The molecule has 0 radical (unpaired) electrons. The second-order valence-corrected chi connectivity index (χ2v) is 8.55. The van der Waals surface area contributed by atoms with Crippen molar-refractivity contribution in [2.45, 2.75) is 0 Å². The van der Waals surface area contributed by atoms with Gasteiger partial charge in [-0.3, -0.25) is 4.79 Å². The van der Waals surface area contributed by atoms with Crippen LogP contribution in [-0.2, 0) is 0 Å². The molecule has 31 heavy (non-hydrogen) atoms. The van der Waals surface area contributed by atoms with Crippen molar-refractivity contribution >= 4 is 62.6 Å². The normalized spacial score (nSPS) is 12.0. The Morgan fingerprint density at radius 1 is 1.00 bits per heavy atom. The van der Waals surface area contributed by atoms with E-state index in [1.807, 2.05) is 24.3 Å². The number of ether oxygens (including phenoxy) is 1. The number of nitrogens with zero attached hydrogens (tertiary/aromatic N) is 2. The van der Waals surface area contributed by atoms with Crippen molar-refractivity contribution in [2.24, 2.45) is 0 Å². The van der Waals surface area contributed by atoms with E-state index in [0.29, 0.717) is 25.8 Å². The van der Waals surface area contributed by atoms with Crippen LogP contribution in [0.1, 0.15) is 15.9 Å². The SMILES string of the molecule is O=C(Oc1ccc(/C=c2/sc3nc4ccccc4n3c2=O)cc1)c1ccc(Cl)c(Cl)c1. The summed E-state index contributed by atoms with van der Waals surface area (Å²) in [5, 5.41) is 0.648. The van der Waals surface area contributed by atoms with Gasteiger partial charge in [-0.2, -0.15) is 0 Å². The molecule has 0 aliphatic rings. The van der Waals surface area contributed by atoms with Gasteiger partial charge in [-0.1, -0.05) is 58.8 Å². The summed E-state index contributed by atoms with van der Waals surface area (Å²) < 4.78 is 7.58. The van der Waals surface area contributed by atoms with Crippen LogP contribution in [0.5, 0.6) is 5.75 Å². The summed E-state index contributed by atoms with van der Waals surface area (Å²) >= 11 is 13.2. The third-order valence-electron chi connectivity index (χ3n) is 4.69. The molecule has 2 aromatic heterocycles. The molecule has 152 valence electrons. The molecule has 0 atom stereocenters. The molecule has 2 heterocycles. The molecule has 3 aromatic carbocycles. The smallest absolute Gasteiger partial charge is 0.343 e. The van der Waals surface area contributed by atoms with Crippen molar-refractivity contribution in [1.29, 1.82) is 0 Å². The Bertz CT molecular complexity index is 1570. The van der Waals surface area contributed by atoms with Crippen LogP contribution < -0.4 is 14.8 Å². The fourth-order valence-corrected chi connectivity index (χ4v) is 4.47. The second-order valence-electron chi connectivity index (χ2n) is 6.72. The first-order valence-electron chi connectivity index (χ1n) is 9.18. The van der Waals surface area contributed by atoms with Crippen LogP contribution in [0.3, 0.4) is 0 Å². The molecular formula is C23H12Cl2N2O3S. The van der Waals surface area contributed by atoms with Crippen LogP contribution in [0, 0.1) is 0 Å². The number of rotatable bonds is 3. The second kappa shape index (κ2) is 7.81. The van der Waals surface area contributed by atoms with Gasteiger partial charge in [0.2, 0.25) is 0 Å². The average molecular weight is 467 g/mol. The highest BCUT2D eigenvalue weighted by Gasteiger charge is 2.12. The quantitative estimate of drug-likeness (QED) is 0.277. The molecule has 0 amide bonds. The van der Waals surface area contributed by atoms with Gasteiger partial charge < -0.3 is 4.74 Å². The van der Waals surface area contributed by atoms with Crippen LogP contribution in [-0.4, -0.2) is 15.4 Å². The minimum atomic E-state index is -0.538. The van der Waals surface area contributed by atoms with E-state index >= 15 is 0 Å². The van der Waals surface area contributed by atoms with Gasteiger partial charge in [-0.05, 0) is 54.1 Å². The van der Waals surface area contributed by atoms with Gasteiger partial charge in [-0.15, -0.1) is 0 Å². The van der Waals surface area contributed by atoms with E-state index < -0.39 is 5.97 Å². The summed E-state index contributed by atoms with van der Waals surface area (Å²) in [5.41, 5.74) is 2.59. The van der Waals surface area contributed by atoms with Gasteiger partial charge in [0.15, 0.2) is 4.96 Å². The zero-order valence-electron chi connectivity index (χ0n) is 15.7. The minimum absolute atomic E-state index is 0.108. The first-order chi connectivity index (χ1) is 15.0. The number of hydrogen-bond acceptors (Lipinski definition) is 5. The third-order valence-corrected chi connectivity index (χ3v) is 6.40. The minimum Gasteiger partial charge on any atom is -0.423 e. The lowest BCUT2D eigenvalue weighted by atomic mass is 10.2. The van der Waals surface area contributed by atoms with Crippen LogP contribution >= 0.6 is 34.5 Å². The first kappa shape index (κ1) is 19.8. The zero-order chi connectivity index (χ0) is 21.5. The fraction of sp³-hybridized carbons (Fsp3) is 0. The number of halogens is 2.